The van der Waals surface area contributed by atoms with Crippen molar-refractivity contribution in [1.29, 1.82) is 0 Å². The average Bonchev–Trinajstić information content (AvgIpc) is 2.43. The van der Waals surface area contributed by atoms with Crippen LogP contribution in [0.15, 0.2) is 25.0 Å². The largest absolute Gasteiger partial charge is 0.309 e. The van der Waals surface area contributed by atoms with E-state index in [0.717, 1.165) is 37.2 Å². The number of nitrogens with one attached hydrogen (secondary N) is 1. The molecule has 19 heavy (non-hydrogen) atoms. The van der Waals surface area contributed by atoms with Crippen molar-refractivity contribution < 1.29 is 0 Å². The molecule has 0 aliphatic carbocycles. The summed E-state index contributed by atoms with van der Waals surface area (Å²) in [5.41, 5.74) is 2.05. The van der Waals surface area contributed by atoms with E-state index in [-0.39, 0.29) is 0 Å². The summed E-state index contributed by atoms with van der Waals surface area (Å²) in [6.07, 6.45) is 12.9. The van der Waals surface area contributed by atoms with Crippen LogP contribution in [0.5, 0.6) is 0 Å². The zero-order valence-corrected chi connectivity index (χ0v) is 12.4. The molecule has 0 radical (unpaired) electrons. The standard InChI is InChI=1S/C16H27N3/c1-4-6-7-8-9-10-15(17-11-5-2)16-13-18-14(3)12-19-16/h4,12-13,15,17H,1,5-11H2,2-3H3. The quantitative estimate of drug-likeness (QED) is 0.511. The molecule has 0 aliphatic rings. The molecule has 0 spiro atoms. The van der Waals surface area contributed by atoms with Crippen molar-refractivity contribution in [2.24, 2.45) is 0 Å². The van der Waals surface area contributed by atoms with Gasteiger partial charge in [-0.05, 0) is 39.2 Å². The maximum atomic E-state index is 4.51. The van der Waals surface area contributed by atoms with Gasteiger partial charge in [0.05, 0.1) is 23.6 Å². The van der Waals surface area contributed by atoms with E-state index in [1.807, 2.05) is 25.4 Å². The Bertz CT molecular complexity index is 346. The first-order valence-electron chi connectivity index (χ1n) is 7.40. The maximum Gasteiger partial charge on any atom is 0.0756 e. The molecule has 1 N–H and O–H groups in total. The molecule has 3 heteroatoms. The van der Waals surface area contributed by atoms with Crippen molar-refractivity contribution >= 4 is 0 Å². The van der Waals surface area contributed by atoms with Gasteiger partial charge in [-0.3, -0.25) is 9.97 Å². The summed E-state index contributed by atoms with van der Waals surface area (Å²) >= 11 is 0. The number of hydrogen-bond acceptors (Lipinski definition) is 3. The van der Waals surface area contributed by atoms with E-state index < -0.39 is 0 Å². The second kappa shape index (κ2) is 9.68. The average molecular weight is 261 g/mol. The van der Waals surface area contributed by atoms with Gasteiger partial charge >= 0.3 is 0 Å². The molecule has 0 aliphatic heterocycles. The third-order valence-corrected chi connectivity index (χ3v) is 3.20. The Hall–Kier alpha value is -1.22. The van der Waals surface area contributed by atoms with Crippen LogP contribution in [0, 0.1) is 6.92 Å². The molecule has 0 saturated carbocycles. The second-order valence-electron chi connectivity index (χ2n) is 5.02. The first-order valence-corrected chi connectivity index (χ1v) is 7.40. The van der Waals surface area contributed by atoms with Crippen LogP contribution in [0.4, 0.5) is 0 Å². The highest BCUT2D eigenvalue weighted by atomic mass is 14.9. The van der Waals surface area contributed by atoms with Gasteiger partial charge in [-0.15, -0.1) is 6.58 Å². The van der Waals surface area contributed by atoms with Crippen LogP contribution in [-0.2, 0) is 0 Å². The summed E-state index contributed by atoms with van der Waals surface area (Å²) in [4.78, 5) is 8.86. The van der Waals surface area contributed by atoms with Gasteiger partial charge in [0.1, 0.15) is 0 Å². The molecular weight excluding hydrogens is 234 g/mol. The van der Waals surface area contributed by atoms with Crippen molar-refractivity contribution in [1.82, 2.24) is 15.3 Å². The monoisotopic (exact) mass is 261 g/mol. The molecular formula is C16H27N3. The van der Waals surface area contributed by atoms with Crippen LogP contribution in [0.3, 0.4) is 0 Å². The summed E-state index contributed by atoms with van der Waals surface area (Å²) in [6, 6.07) is 0.344. The molecule has 1 aromatic rings. The van der Waals surface area contributed by atoms with E-state index in [9.17, 15) is 0 Å². The van der Waals surface area contributed by atoms with Crippen molar-refractivity contribution in [3.63, 3.8) is 0 Å². The third-order valence-electron chi connectivity index (χ3n) is 3.20. The van der Waals surface area contributed by atoms with E-state index in [0.29, 0.717) is 6.04 Å². The molecule has 0 aromatic carbocycles. The smallest absolute Gasteiger partial charge is 0.0756 e. The lowest BCUT2D eigenvalue weighted by atomic mass is 10.0. The fraction of sp³-hybridized carbons (Fsp3) is 0.625. The van der Waals surface area contributed by atoms with Crippen LogP contribution in [-0.4, -0.2) is 16.5 Å². The Morgan fingerprint density at radius 3 is 2.74 bits per heavy atom. The lowest BCUT2D eigenvalue weighted by Gasteiger charge is -2.17. The summed E-state index contributed by atoms with van der Waals surface area (Å²) < 4.78 is 0. The SMILES string of the molecule is C=CCCCCCC(NCCC)c1cnc(C)cn1. The molecule has 1 unspecified atom stereocenters. The summed E-state index contributed by atoms with van der Waals surface area (Å²) in [5, 5.41) is 3.57. The van der Waals surface area contributed by atoms with E-state index in [1.54, 1.807) is 0 Å². The van der Waals surface area contributed by atoms with Gasteiger partial charge < -0.3 is 5.32 Å². The minimum absolute atomic E-state index is 0.344. The fourth-order valence-corrected chi connectivity index (χ4v) is 2.07. The Morgan fingerprint density at radius 1 is 1.26 bits per heavy atom. The topological polar surface area (TPSA) is 37.8 Å². The summed E-state index contributed by atoms with van der Waals surface area (Å²) in [5.74, 6) is 0. The molecule has 1 atom stereocenters. The Balaban J connectivity index is 2.46. The maximum absolute atomic E-state index is 4.51. The highest BCUT2D eigenvalue weighted by Gasteiger charge is 2.11. The zero-order valence-electron chi connectivity index (χ0n) is 12.4. The molecule has 106 valence electrons. The number of rotatable bonds is 10. The van der Waals surface area contributed by atoms with Crippen LogP contribution in [0.25, 0.3) is 0 Å². The fourth-order valence-electron chi connectivity index (χ4n) is 2.07. The summed E-state index contributed by atoms with van der Waals surface area (Å²) in [6.45, 7) is 8.96. The normalized spacial score (nSPS) is 12.3. The Labute approximate surface area is 117 Å². The van der Waals surface area contributed by atoms with Gasteiger partial charge in [-0.1, -0.05) is 25.8 Å². The molecule has 1 rings (SSSR count). The predicted molar refractivity (Wildman–Crippen MR) is 81.1 cm³/mol. The number of aromatic nitrogens is 2. The van der Waals surface area contributed by atoms with Gasteiger partial charge in [0.15, 0.2) is 0 Å². The molecule has 1 heterocycles. The van der Waals surface area contributed by atoms with Crippen molar-refractivity contribution in [3.8, 4) is 0 Å². The van der Waals surface area contributed by atoms with E-state index >= 15 is 0 Å². The first-order chi connectivity index (χ1) is 9.27. The molecule has 3 nitrogen and oxygen atoms in total. The lowest BCUT2D eigenvalue weighted by molar-refractivity contribution is 0.462. The van der Waals surface area contributed by atoms with Crippen LogP contribution in [0.2, 0.25) is 0 Å². The van der Waals surface area contributed by atoms with E-state index in [2.05, 4.69) is 28.8 Å². The zero-order chi connectivity index (χ0) is 13.9. The third kappa shape index (κ3) is 6.48. The highest BCUT2D eigenvalue weighted by Crippen LogP contribution is 2.18. The molecule has 1 aromatic heterocycles. The van der Waals surface area contributed by atoms with Gasteiger partial charge in [0.2, 0.25) is 0 Å². The Kier molecular flexibility index (Phi) is 8.07. The number of unbranched alkanes of at least 4 members (excludes halogenated alkanes) is 3. The molecule has 0 amide bonds. The minimum Gasteiger partial charge on any atom is -0.309 e. The molecule has 0 saturated heterocycles. The van der Waals surface area contributed by atoms with Gasteiger partial charge in [-0.2, -0.15) is 0 Å². The van der Waals surface area contributed by atoms with Gasteiger partial charge in [0.25, 0.3) is 0 Å². The molecule has 0 bridgehead atoms. The van der Waals surface area contributed by atoms with Gasteiger partial charge in [0, 0.05) is 6.20 Å². The van der Waals surface area contributed by atoms with Gasteiger partial charge in [-0.25, -0.2) is 0 Å². The first kappa shape index (κ1) is 15.8. The second-order valence-corrected chi connectivity index (χ2v) is 5.02. The van der Waals surface area contributed by atoms with Crippen LogP contribution >= 0.6 is 0 Å². The van der Waals surface area contributed by atoms with Crippen molar-refractivity contribution in [2.75, 3.05) is 6.54 Å². The number of allylic oxidation sites excluding steroid dienone is 1. The Morgan fingerprint density at radius 2 is 2.11 bits per heavy atom. The number of hydrogen-bond donors (Lipinski definition) is 1. The highest BCUT2D eigenvalue weighted by molar-refractivity contribution is 5.05. The number of nitrogens with zero attached hydrogens (tertiary/aromatic N) is 2. The van der Waals surface area contributed by atoms with E-state index in [4.69, 9.17) is 0 Å². The van der Waals surface area contributed by atoms with Crippen molar-refractivity contribution in [3.05, 3.63) is 36.4 Å². The van der Waals surface area contributed by atoms with Crippen LogP contribution < -0.4 is 5.32 Å². The molecule has 0 fully saturated rings. The predicted octanol–water partition coefficient (Wildman–Crippen LogP) is 3.96. The summed E-state index contributed by atoms with van der Waals surface area (Å²) in [7, 11) is 0. The number of aryl methyl sites for hydroxylation is 1. The van der Waals surface area contributed by atoms with Crippen LogP contribution in [0.1, 0.15) is 62.9 Å². The lowest BCUT2D eigenvalue weighted by Crippen LogP contribution is -2.23. The van der Waals surface area contributed by atoms with Crippen molar-refractivity contribution in [2.45, 2.75) is 58.4 Å². The minimum atomic E-state index is 0.344. The van der Waals surface area contributed by atoms with E-state index in [1.165, 1.54) is 19.3 Å².